The minimum atomic E-state index is -0.512. The van der Waals surface area contributed by atoms with Crippen LogP contribution in [0.5, 0.6) is 0 Å². The van der Waals surface area contributed by atoms with E-state index in [1.54, 1.807) is 6.08 Å². The summed E-state index contributed by atoms with van der Waals surface area (Å²) in [6.07, 6.45) is 4.00. The van der Waals surface area contributed by atoms with Crippen LogP contribution in [0.25, 0.3) is 6.08 Å². The molecule has 0 aromatic carbocycles. The van der Waals surface area contributed by atoms with E-state index in [0.717, 1.165) is 17.0 Å². The van der Waals surface area contributed by atoms with Gasteiger partial charge in [0.1, 0.15) is 11.6 Å². The van der Waals surface area contributed by atoms with Gasteiger partial charge in [0.05, 0.1) is 0 Å². The first-order valence-electron chi connectivity index (χ1n) is 8.00. The molecule has 1 aromatic rings. The van der Waals surface area contributed by atoms with Gasteiger partial charge in [0, 0.05) is 23.5 Å². The number of aromatic nitrogens is 1. The number of hydrogen-bond donors (Lipinski definition) is 3. The highest BCUT2D eigenvalue weighted by molar-refractivity contribution is 7.80. The van der Waals surface area contributed by atoms with Crippen molar-refractivity contribution in [2.75, 3.05) is 0 Å². The van der Waals surface area contributed by atoms with Crippen LogP contribution in [0.15, 0.2) is 11.6 Å². The number of amides is 1. The van der Waals surface area contributed by atoms with Gasteiger partial charge in [-0.25, -0.2) is 0 Å². The number of hydrazine groups is 1. The van der Waals surface area contributed by atoms with Crippen LogP contribution >= 0.6 is 12.2 Å². The minimum absolute atomic E-state index is 0.0332. The molecule has 1 aliphatic rings. The number of nitrogens with one attached hydrogen (secondary N) is 3. The normalized spacial score (nSPS) is 14.2. The second-order valence-electron chi connectivity index (χ2n) is 6.30. The highest BCUT2D eigenvalue weighted by Crippen LogP contribution is 2.38. The molecule has 0 saturated heterocycles. The number of nitriles is 1. The van der Waals surface area contributed by atoms with Gasteiger partial charge in [-0.3, -0.25) is 15.6 Å². The largest absolute Gasteiger partial charge is 0.359 e. The van der Waals surface area contributed by atoms with E-state index >= 15 is 0 Å². The molecule has 2 rings (SSSR count). The van der Waals surface area contributed by atoms with Crippen molar-refractivity contribution >= 4 is 29.3 Å². The van der Waals surface area contributed by atoms with E-state index in [0.29, 0.717) is 11.2 Å². The molecule has 3 N–H and O–H groups in total. The molecule has 1 aromatic heterocycles. The smallest absolute Gasteiger partial charge is 0.280 e. The predicted octanol–water partition coefficient (Wildman–Crippen LogP) is 2.25. The van der Waals surface area contributed by atoms with Crippen molar-refractivity contribution in [3.8, 4) is 6.07 Å². The Balaban J connectivity index is 2.09. The highest BCUT2D eigenvalue weighted by Gasteiger charge is 2.26. The summed E-state index contributed by atoms with van der Waals surface area (Å²) in [7, 11) is 0. The summed E-state index contributed by atoms with van der Waals surface area (Å²) >= 11 is 5.04. The molecule has 1 fully saturated rings. The third-order valence-electron chi connectivity index (χ3n) is 3.81. The van der Waals surface area contributed by atoms with Crippen molar-refractivity contribution < 1.29 is 4.79 Å². The summed E-state index contributed by atoms with van der Waals surface area (Å²) < 4.78 is 2.28. The van der Waals surface area contributed by atoms with Crippen molar-refractivity contribution in [3.05, 3.63) is 28.6 Å². The van der Waals surface area contributed by atoms with Crippen molar-refractivity contribution in [2.45, 2.75) is 52.6 Å². The van der Waals surface area contributed by atoms with Crippen molar-refractivity contribution in [1.29, 1.82) is 5.26 Å². The van der Waals surface area contributed by atoms with Crippen LogP contribution in [0.3, 0.4) is 0 Å². The fourth-order valence-electron chi connectivity index (χ4n) is 2.63. The van der Waals surface area contributed by atoms with Gasteiger partial charge in [-0.15, -0.1) is 0 Å². The molecule has 6 nitrogen and oxygen atoms in total. The fraction of sp³-hybridized carbons (Fsp3) is 0.471. The lowest BCUT2D eigenvalue weighted by atomic mass is 10.1. The number of rotatable bonds is 4. The average Bonchev–Trinajstić information content (AvgIpc) is 3.28. The molecule has 0 spiro atoms. The molecular formula is C17H23N5OS. The Labute approximate surface area is 147 Å². The predicted molar refractivity (Wildman–Crippen MR) is 97.9 cm³/mol. The van der Waals surface area contributed by atoms with Crippen LogP contribution in [-0.2, 0) is 4.79 Å². The first kappa shape index (κ1) is 18.0. The average molecular weight is 345 g/mol. The number of aryl methyl sites for hydroxylation is 1. The number of hydrogen-bond acceptors (Lipinski definition) is 3. The first-order valence-corrected chi connectivity index (χ1v) is 8.41. The van der Waals surface area contributed by atoms with E-state index in [9.17, 15) is 10.1 Å². The van der Waals surface area contributed by atoms with Crippen LogP contribution in [-0.4, -0.2) is 21.6 Å². The SMILES string of the molecule is Cc1cc(/C=C(\C#N)C(=O)NNC(=S)NC(C)C)c(C)n1C1CC1. The minimum Gasteiger partial charge on any atom is -0.359 e. The second-order valence-corrected chi connectivity index (χ2v) is 6.71. The fourth-order valence-corrected chi connectivity index (χ4v) is 2.91. The van der Waals surface area contributed by atoms with Crippen LogP contribution in [0, 0.1) is 25.2 Å². The van der Waals surface area contributed by atoms with Crippen molar-refractivity contribution in [3.63, 3.8) is 0 Å². The molecule has 0 atom stereocenters. The first-order chi connectivity index (χ1) is 11.3. The zero-order valence-corrected chi connectivity index (χ0v) is 15.3. The highest BCUT2D eigenvalue weighted by atomic mass is 32.1. The lowest BCUT2D eigenvalue weighted by Crippen LogP contribution is -2.48. The third-order valence-corrected chi connectivity index (χ3v) is 4.03. The van der Waals surface area contributed by atoms with Gasteiger partial charge in [-0.05, 0) is 70.5 Å². The van der Waals surface area contributed by atoms with E-state index in [4.69, 9.17) is 12.2 Å². The zero-order valence-electron chi connectivity index (χ0n) is 14.4. The summed E-state index contributed by atoms with van der Waals surface area (Å²) in [4.78, 5) is 12.2. The molecule has 1 amide bonds. The molecule has 1 saturated carbocycles. The summed E-state index contributed by atoms with van der Waals surface area (Å²) in [5.41, 5.74) is 8.21. The molecule has 128 valence electrons. The van der Waals surface area contributed by atoms with Gasteiger partial charge in [-0.1, -0.05) is 0 Å². The van der Waals surface area contributed by atoms with Crippen LogP contribution in [0.4, 0.5) is 0 Å². The summed E-state index contributed by atoms with van der Waals surface area (Å²) in [6.45, 7) is 7.94. The van der Waals surface area contributed by atoms with Gasteiger partial charge in [0.2, 0.25) is 0 Å². The van der Waals surface area contributed by atoms with Crippen LogP contribution < -0.4 is 16.2 Å². The van der Waals surface area contributed by atoms with E-state index < -0.39 is 5.91 Å². The quantitative estimate of drug-likeness (QED) is 0.337. The summed E-state index contributed by atoms with van der Waals surface area (Å²) in [5, 5.41) is 12.5. The maximum absolute atomic E-state index is 12.2. The topological polar surface area (TPSA) is 81.9 Å². The van der Waals surface area contributed by atoms with Gasteiger partial charge in [-0.2, -0.15) is 5.26 Å². The van der Waals surface area contributed by atoms with Crippen molar-refractivity contribution in [2.24, 2.45) is 0 Å². The van der Waals surface area contributed by atoms with Crippen molar-refractivity contribution in [1.82, 2.24) is 20.7 Å². The molecule has 1 heterocycles. The zero-order chi connectivity index (χ0) is 17.9. The van der Waals surface area contributed by atoms with Gasteiger partial charge >= 0.3 is 0 Å². The molecule has 24 heavy (non-hydrogen) atoms. The molecule has 0 aliphatic heterocycles. The molecular weight excluding hydrogens is 322 g/mol. The Hall–Kier alpha value is -2.33. The maximum atomic E-state index is 12.2. The number of thiocarbonyl (C=S) groups is 1. The Kier molecular flexibility index (Phi) is 5.62. The molecule has 0 radical (unpaired) electrons. The Bertz CT molecular complexity index is 722. The van der Waals surface area contributed by atoms with Gasteiger partial charge in [0.25, 0.3) is 5.91 Å². The lowest BCUT2D eigenvalue weighted by molar-refractivity contribution is -0.117. The lowest BCUT2D eigenvalue weighted by Gasteiger charge is -2.13. The van der Waals surface area contributed by atoms with Crippen LogP contribution in [0.2, 0.25) is 0 Å². The molecule has 7 heteroatoms. The number of carbonyl (C=O) groups is 1. The van der Waals surface area contributed by atoms with E-state index in [2.05, 4.69) is 20.7 Å². The van der Waals surface area contributed by atoms with E-state index in [1.165, 1.54) is 12.8 Å². The second kappa shape index (κ2) is 7.49. The van der Waals surface area contributed by atoms with Gasteiger partial charge < -0.3 is 9.88 Å². The van der Waals surface area contributed by atoms with E-state index in [1.807, 2.05) is 39.8 Å². The monoisotopic (exact) mass is 345 g/mol. The van der Waals surface area contributed by atoms with E-state index in [-0.39, 0.29) is 11.6 Å². The molecule has 0 unspecified atom stereocenters. The Morgan fingerprint density at radius 2 is 2.08 bits per heavy atom. The number of carbonyl (C=O) groups excluding carboxylic acids is 1. The molecule has 1 aliphatic carbocycles. The Morgan fingerprint density at radius 3 is 2.62 bits per heavy atom. The Morgan fingerprint density at radius 1 is 1.42 bits per heavy atom. The summed E-state index contributed by atoms with van der Waals surface area (Å²) in [5.74, 6) is -0.512. The van der Waals surface area contributed by atoms with Crippen LogP contribution in [0.1, 0.15) is 49.7 Å². The third kappa shape index (κ3) is 4.36. The summed E-state index contributed by atoms with van der Waals surface area (Å²) in [6, 6.07) is 4.68. The van der Waals surface area contributed by atoms with Gasteiger partial charge in [0.15, 0.2) is 5.11 Å². The molecule has 0 bridgehead atoms. The standard InChI is InChI=1S/C17H23N5OS/c1-10(2)19-17(24)21-20-16(23)14(9-18)8-13-7-11(3)22(12(13)4)15-5-6-15/h7-8,10,15H,5-6H2,1-4H3,(H,20,23)(H2,19,21,24)/b14-8+. The maximum Gasteiger partial charge on any atom is 0.280 e. The number of nitrogens with zero attached hydrogens (tertiary/aromatic N) is 2.